The van der Waals surface area contributed by atoms with E-state index < -0.39 is 0 Å². The number of fused-ring (bicyclic) bond motifs is 12. The molecule has 56 heavy (non-hydrogen) atoms. The van der Waals surface area contributed by atoms with Crippen LogP contribution >= 0.6 is 0 Å². The fraction of sp³-hybridized carbons (Fsp3) is 0.0784. The van der Waals surface area contributed by atoms with Gasteiger partial charge in [0, 0.05) is 49.3 Å². The molecule has 5 nitrogen and oxygen atoms in total. The maximum absolute atomic E-state index is 5.78. The number of aryl methyl sites for hydroxylation is 4. The SMILES string of the molecule is Cc1ccc2c(c1)oc1ncccc12.Cc1ccc2oc3ccccc3c2c1.Cc1cccc2c1oc1ccccc12.Cc1cccc2oc3ccccc3c12. The van der Waals surface area contributed by atoms with Crippen molar-refractivity contribution in [2.75, 3.05) is 0 Å². The minimum absolute atomic E-state index is 0.716. The third-order valence-corrected chi connectivity index (χ3v) is 10.1. The van der Waals surface area contributed by atoms with Crippen molar-refractivity contribution in [1.29, 1.82) is 0 Å². The molecule has 0 bridgehead atoms. The molecule has 12 aromatic rings. The average Bonchev–Trinajstić information content (AvgIpc) is 3.99. The molecule has 0 saturated heterocycles. The summed E-state index contributed by atoms with van der Waals surface area (Å²) >= 11 is 0. The highest BCUT2D eigenvalue weighted by Crippen LogP contribution is 2.32. The van der Waals surface area contributed by atoms with Gasteiger partial charge in [0.1, 0.15) is 39.1 Å². The smallest absolute Gasteiger partial charge is 0.227 e. The van der Waals surface area contributed by atoms with Gasteiger partial charge in [0.15, 0.2) is 0 Å². The minimum Gasteiger partial charge on any atom is -0.456 e. The summed E-state index contributed by atoms with van der Waals surface area (Å²) in [5, 5.41) is 9.49. The van der Waals surface area contributed by atoms with E-state index in [-0.39, 0.29) is 0 Å². The molecular weight excluding hydrogens is 691 g/mol. The molecule has 7 aromatic carbocycles. The molecule has 0 N–H and O–H groups in total. The first-order chi connectivity index (χ1) is 27.4. The summed E-state index contributed by atoms with van der Waals surface area (Å²) in [6.45, 7) is 8.34. The second kappa shape index (κ2) is 14.6. The predicted octanol–water partition coefficient (Wildman–Crippen LogP) is 15.0. The highest BCUT2D eigenvalue weighted by Gasteiger charge is 2.09. The summed E-state index contributed by atoms with van der Waals surface area (Å²) in [5.74, 6) is 0. The van der Waals surface area contributed by atoms with Gasteiger partial charge in [-0.25, -0.2) is 4.98 Å². The molecule has 0 unspecified atom stereocenters. The van der Waals surface area contributed by atoms with E-state index in [4.69, 9.17) is 17.7 Å². The van der Waals surface area contributed by atoms with Crippen LogP contribution in [0.15, 0.2) is 182 Å². The number of furan rings is 4. The summed E-state index contributed by atoms with van der Waals surface area (Å²) in [4.78, 5) is 4.18. The van der Waals surface area contributed by atoms with Crippen LogP contribution in [0.1, 0.15) is 22.3 Å². The Morgan fingerprint density at radius 1 is 0.339 bits per heavy atom. The van der Waals surface area contributed by atoms with Gasteiger partial charge in [-0.3, -0.25) is 0 Å². The van der Waals surface area contributed by atoms with Crippen LogP contribution in [0.5, 0.6) is 0 Å². The van der Waals surface area contributed by atoms with E-state index in [1.165, 1.54) is 54.6 Å². The number of pyridine rings is 1. The van der Waals surface area contributed by atoms with Gasteiger partial charge in [-0.05, 0) is 99.0 Å². The van der Waals surface area contributed by atoms with E-state index in [2.05, 4.69) is 99.4 Å². The third-order valence-electron chi connectivity index (χ3n) is 10.1. The van der Waals surface area contributed by atoms with Crippen molar-refractivity contribution in [1.82, 2.24) is 4.98 Å². The van der Waals surface area contributed by atoms with Crippen molar-refractivity contribution >= 4 is 87.9 Å². The fourth-order valence-electron chi connectivity index (χ4n) is 7.40. The minimum atomic E-state index is 0.716. The number of nitrogens with zero attached hydrogens (tertiary/aromatic N) is 1. The molecule has 0 aliphatic heterocycles. The first-order valence-electron chi connectivity index (χ1n) is 18.8. The Morgan fingerprint density at radius 2 is 0.875 bits per heavy atom. The van der Waals surface area contributed by atoms with Crippen LogP contribution in [-0.2, 0) is 0 Å². The first-order valence-corrected chi connectivity index (χ1v) is 18.8. The van der Waals surface area contributed by atoms with Gasteiger partial charge in [-0.1, -0.05) is 109 Å². The van der Waals surface area contributed by atoms with E-state index in [9.17, 15) is 0 Å². The Bertz CT molecular complexity index is 3290. The van der Waals surface area contributed by atoms with Crippen molar-refractivity contribution in [2.24, 2.45) is 0 Å². The normalized spacial score (nSPS) is 11.2. The number of rotatable bonds is 0. The molecule has 12 rings (SSSR count). The van der Waals surface area contributed by atoms with Crippen molar-refractivity contribution in [2.45, 2.75) is 27.7 Å². The van der Waals surface area contributed by atoms with E-state index >= 15 is 0 Å². The van der Waals surface area contributed by atoms with Crippen molar-refractivity contribution in [3.05, 3.63) is 186 Å². The lowest BCUT2D eigenvalue weighted by Gasteiger charge is -1.93. The predicted molar refractivity (Wildman–Crippen MR) is 232 cm³/mol. The molecule has 0 aliphatic rings. The van der Waals surface area contributed by atoms with E-state index in [0.717, 1.165) is 49.9 Å². The Balaban J connectivity index is 0.0000000975. The lowest BCUT2D eigenvalue weighted by atomic mass is 10.1. The topological polar surface area (TPSA) is 65.5 Å². The van der Waals surface area contributed by atoms with E-state index in [1.807, 2.05) is 91.0 Å². The number of para-hydroxylation sites is 4. The summed E-state index contributed by atoms with van der Waals surface area (Å²) in [6, 6.07) is 53.3. The zero-order chi connectivity index (χ0) is 38.2. The molecule has 5 aromatic heterocycles. The van der Waals surface area contributed by atoms with Gasteiger partial charge in [0.05, 0.1) is 0 Å². The van der Waals surface area contributed by atoms with Gasteiger partial charge < -0.3 is 17.7 Å². The number of aromatic nitrogens is 1. The van der Waals surface area contributed by atoms with Gasteiger partial charge >= 0.3 is 0 Å². The van der Waals surface area contributed by atoms with Crippen LogP contribution in [0.4, 0.5) is 0 Å². The average molecular weight is 730 g/mol. The van der Waals surface area contributed by atoms with Crippen LogP contribution < -0.4 is 0 Å². The molecular formula is C51H39NO4. The Labute approximate surface area is 323 Å². The number of hydrogen-bond donors (Lipinski definition) is 0. The molecule has 272 valence electrons. The van der Waals surface area contributed by atoms with Crippen LogP contribution in [0.2, 0.25) is 0 Å². The Kier molecular flexibility index (Phi) is 9.04. The Morgan fingerprint density at radius 3 is 1.68 bits per heavy atom. The fourth-order valence-corrected chi connectivity index (χ4v) is 7.40. The monoisotopic (exact) mass is 729 g/mol. The lowest BCUT2D eigenvalue weighted by molar-refractivity contribution is 0.654. The molecule has 0 amide bonds. The molecule has 0 radical (unpaired) electrons. The third kappa shape index (κ3) is 6.54. The highest BCUT2D eigenvalue weighted by atomic mass is 16.3. The van der Waals surface area contributed by atoms with Crippen LogP contribution in [-0.4, -0.2) is 4.98 Å². The first kappa shape index (κ1) is 34.6. The van der Waals surface area contributed by atoms with Crippen LogP contribution in [0.3, 0.4) is 0 Å². The van der Waals surface area contributed by atoms with Crippen molar-refractivity contribution in [3.8, 4) is 0 Å². The maximum Gasteiger partial charge on any atom is 0.227 e. The molecule has 5 heterocycles. The molecule has 5 heteroatoms. The number of hydrogen-bond acceptors (Lipinski definition) is 5. The second-order valence-corrected chi connectivity index (χ2v) is 14.2. The van der Waals surface area contributed by atoms with Gasteiger partial charge in [0.25, 0.3) is 0 Å². The summed E-state index contributed by atoms with van der Waals surface area (Å²) < 4.78 is 22.8. The molecule has 0 fully saturated rings. The number of benzene rings is 7. The second-order valence-electron chi connectivity index (χ2n) is 14.2. The maximum atomic E-state index is 5.78. The molecule has 0 aliphatic carbocycles. The zero-order valence-corrected chi connectivity index (χ0v) is 31.7. The summed E-state index contributed by atoms with van der Waals surface area (Å²) in [6.07, 6.45) is 1.75. The van der Waals surface area contributed by atoms with Crippen LogP contribution in [0.25, 0.3) is 87.9 Å². The largest absolute Gasteiger partial charge is 0.456 e. The molecule has 0 saturated carbocycles. The summed E-state index contributed by atoms with van der Waals surface area (Å²) in [5.41, 5.74) is 12.4. The van der Waals surface area contributed by atoms with Gasteiger partial charge in [-0.15, -0.1) is 0 Å². The van der Waals surface area contributed by atoms with Gasteiger partial charge in [0.2, 0.25) is 5.71 Å². The zero-order valence-electron chi connectivity index (χ0n) is 31.7. The summed E-state index contributed by atoms with van der Waals surface area (Å²) in [7, 11) is 0. The standard InChI is InChI=1S/3C13H10O.C12H9NO/c1-9-5-4-7-11-10-6-2-3-8-12(10)14-13(9)11;1-9-5-4-8-12-13(9)10-6-2-3-7-11(10)14-12;1-9-6-7-13-11(8-9)10-4-2-3-5-12(10)14-13;1-8-4-5-9-10-3-2-6-13-12(10)14-11(9)7-8/h3*2-8H,1H3;2-7H,1H3. The van der Waals surface area contributed by atoms with E-state index in [1.54, 1.807) is 6.20 Å². The quantitative estimate of drug-likeness (QED) is 0.155. The van der Waals surface area contributed by atoms with Gasteiger partial charge in [-0.2, -0.15) is 0 Å². The van der Waals surface area contributed by atoms with E-state index in [0.29, 0.717) is 5.71 Å². The highest BCUT2D eigenvalue weighted by molar-refractivity contribution is 6.08. The Hall–Kier alpha value is -7.11. The molecule has 0 spiro atoms. The molecule has 0 atom stereocenters. The van der Waals surface area contributed by atoms with Crippen molar-refractivity contribution < 1.29 is 17.7 Å². The lowest BCUT2D eigenvalue weighted by Crippen LogP contribution is -1.72. The van der Waals surface area contributed by atoms with Crippen molar-refractivity contribution in [3.63, 3.8) is 0 Å². The van der Waals surface area contributed by atoms with Crippen LogP contribution in [0, 0.1) is 27.7 Å².